The molecule has 2 atom stereocenters. The molecule has 3 rings (SSSR count). The number of aromatic nitrogens is 1. The smallest absolute Gasteiger partial charge is 0.226 e. The lowest BCUT2D eigenvalue weighted by molar-refractivity contribution is -0.133. The number of rotatable bonds is 9. The number of carbonyl (C=O) groups excluding carboxylic acids is 2. The fourth-order valence-corrected chi connectivity index (χ4v) is 3.25. The van der Waals surface area contributed by atoms with Gasteiger partial charge in [0, 0.05) is 32.5 Å². The van der Waals surface area contributed by atoms with Crippen LogP contribution in [0.2, 0.25) is 0 Å². The van der Waals surface area contributed by atoms with Crippen LogP contribution >= 0.6 is 0 Å². The summed E-state index contributed by atoms with van der Waals surface area (Å²) in [7, 11) is 3.44. The van der Waals surface area contributed by atoms with Gasteiger partial charge in [-0.3, -0.25) is 14.6 Å². The molecule has 0 bridgehead atoms. The van der Waals surface area contributed by atoms with E-state index in [0.717, 1.165) is 29.7 Å². The number of pyridine rings is 1. The molecular weight excluding hydrogens is 354 g/mol. The van der Waals surface area contributed by atoms with Crippen LogP contribution in [0.15, 0.2) is 48.8 Å². The first-order valence-corrected chi connectivity index (χ1v) is 9.63. The highest BCUT2D eigenvalue weighted by Gasteiger charge is 2.48. The Morgan fingerprint density at radius 2 is 1.75 bits per heavy atom. The van der Waals surface area contributed by atoms with Gasteiger partial charge in [-0.25, -0.2) is 0 Å². The van der Waals surface area contributed by atoms with Crippen molar-refractivity contribution in [3.05, 3.63) is 59.9 Å². The number of methoxy groups -OCH3 is 1. The third-order valence-corrected chi connectivity index (χ3v) is 5.18. The zero-order chi connectivity index (χ0) is 19.9. The number of nitrogens with one attached hydrogen (secondary N) is 1. The lowest BCUT2D eigenvalue weighted by Crippen LogP contribution is -2.33. The Hall–Kier alpha value is -2.89. The predicted octanol–water partition coefficient (Wildman–Crippen LogP) is 2.09. The van der Waals surface area contributed by atoms with Gasteiger partial charge in [0.2, 0.25) is 11.8 Å². The fourth-order valence-electron chi connectivity index (χ4n) is 3.25. The number of nitrogens with zero attached hydrogens (tertiary/aromatic N) is 2. The maximum atomic E-state index is 12.5. The molecule has 1 N–H and O–H groups in total. The van der Waals surface area contributed by atoms with Crippen LogP contribution in [-0.2, 0) is 22.4 Å². The lowest BCUT2D eigenvalue weighted by Gasteiger charge is -2.17. The average molecular weight is 381 g/mol. The van der Waals surface area contributed by atoms with Crippen LogP contribution in [0.1, 0.15) is 17.5 Å². The number of benzene rings is 1. The molecule has 1 saturated carbocycles. The van der Waals surface area contributed by atoms with Crippen LogP contribution < -0.4 is 10.1 Å². The molecule has 0 aliphatic heterocycles. The van der Waals surface area contributed by atoms with Crippen molar-refractivity contribution in [2.45, 2.75) is 19.3 Å². The van der Waals surface area contributed by atoms with E-state index in [1.165, 1.54) is 0 Å². The lowest BCUT2D eigenvalue weighted by atomic mass is 10.1. The number of hydrogen-bond acceptors (Lipinski definition) is 4. The van der Waals surface area contributed by atoms with Crippen molar-refractivity contribution in [1.82, 2.24) is 15.2 Å². The molecule has 1 aromatic carbocycles. The summed E-state index contributed by atoms with van der Waals surface area (Å²) in [6, 6.07) is 11.7. The fraction of sp³-hybridized carbons (Fsp3) is 0.409. The maximum absolute atomic E-state index is 12.5. The molecule has 6 heteroatoms. The standard InChI is InChI=1S/C22H27N3O3/c1-25(14-10-17-7-11-23-12-8-17)22(27)20-15-19(20)21(26)24-13-9-16-3-5-18(28-2)6-4-16/h3-8,11-12,19-20H,9-10,13-15H2,1-2H3,(H,24,26). The molecule has 1 aliphatic rings. The second kappa shape index (κ2) is 9.35. The van der Waals surface area contributed by atoms with Gasteiger partial charge in [-0.1, -0.05) is 12.1 Å². The first-order chi connectivity index (χ1) is 13.6. The minimum Gasteiger partial charge on any atom is -0.497 e. The second-order valence-corrected chi connectivity index (χ2v) is 7.20. The monoisotopic (exact) mass is 381 g/mol. The summed E-state index contributed by atoms with van der Waals surface area (Å²) in [6.07, 6.45) is 5.70. The minimum absolute atomic E-state index is 0.0191. The van der Waals surface area contributed by atoms with Crippen molar-refractivity contribution in [2.24, 2.45) is 11.8 Å². The van der Waals surface area contributed by atoms with Gasteiger partial charge in [0.1, 0.15) is 5.75 Å². The van der Waals surface area contributed by atoms with Gasteiger partial charge in [-0.2, -0.15) is 0 Å². The normalized spacial score (nSPS) is 17.6. The van der Waals surface area contributed by atoms with Crippen LogP contribution in [0.3, 0.4) is 0 Å². The Balaban J connectivity index is 1.37. The molecule has 1 aliphatic carbocycles. The Kier molecular flexibility index (Phi) is 6.63. The van der Waals surface area contributed by atoms with Crippen molar-refractivity contribution in [2.75, 3.05) is 27.2 Å². The zero-order valence-corrected chi connectivity index (χ0v) is 16.4. The second-order valence-electron chi connectivity index (χ2n) is 7.20. The van der Waals surface area contributed by atoms with Gasteiger partial charge in [0.15, 0.2) is 0 Å². The first-order valence-electron chi connectivity index (χ1n) is 9.63. The zero-order valence-electron chi connectivity index (χ0n) is 16.4. The van der Waals surface area contributed by atoms with Crippen LogP contribution in [0.5, 0.6) is 5.75 Å². The molecule has 0 radical (unpaired) electrons. The van der Waals surface area contributed by atoms with E-state index in [1.807, 2.05) is 36.4 Å². The van der Waals surface area contributed by atoms with E-state index < -0.39 is 0 Å². The number of carbonyl (C=O) groups is 2. The number of amides is 2. The van der Waals surface area contributed by atoms with Gasteiger partial charge in [0.05, 0.1) is 18.9 Å². The summed E-state index contributed by atoms with van der Waals surface area (Å²) in [4.78, 5) is 30.6. The van der Waals surface area contributed by atoms with Crippen molar-refractivity contribution in [3.8, 4) is 5.75 Å². The molecule has 28 heavy (non-hydrogen) atoms. The summed E-state index contributed by atoms with van der Waals surface area (Å²) in [5.41, 5.74) is 2.29. The van der Waals surface area contributed by atoms with Crippen molar-refractivity contribution in [3.63, 3.8) is 0 Å². The molecule has 0 saturated heterocycles. The molecule has 6 nitrogen and oxygen atoms in total. The summed E-state index contributed by atoms with van der Waals surface area (Å²) >= 11 is 0. The molecule has 2 amide bonds. The van der Waals surface area contributed by atoms with Crippen LogP contribution in [0, 0.1) is 11.8 Å². The first kappa shape index (κ1) is 19.9. The van der Waals surface area contributed by atoms with E-state index in [-0.39, 0.29) is 23.7 Å². The third-order valence-electron chi connectivity index (χ3n) is 5.18. The highest BCUT2D eigenvalue weighted by Crippen LogP contribution is 2.39. The van der Waals surface area contributed by atoms with Gasteiger partial charge in [0.25, 0.3) is 0 Å². The van der Waals surface area contributed by atoms with E-state index in [2.05, 4.69) is 10.3 Å². The highest BCUT2D eigenvalue weighted by molar-refractivity contribution is 5.92. The van der Waals surface area contributed by atoms with Gasteiger partial charge in [-0.15, -0.1) is 0 Å². The van der Waals surface area contributed by atoms with Crippen molar-refractivity contribution in [1.29, 1.82) is 0 Å². The van der Waals surface area contributed by atoms with Crippen molar-refractivity contribution >= 4 is 11.8 Å². The minimum atomic E-state index is -0.188. The van der Waals surface area contributed by atoms with Crippen LogP contribution in [0.25, 0.3) is 0 Å². The predicted molar refractivity (Wildman–Crippen MR) is 107 cm³/mol. The molecule has 0 spiro atoms. The van der Waals surface area contributed by atoms with Gasteiger partial charge >= 0.3 is 0 Å². The molecule has 1 heterocycles. The third kappa shape index (κ3) is 5.31. The summed E-state index contributed by atoms with van der Waals surface area (Å²) in [6.45, 7) is 1.21. The molecule has 2 unspecified atom stereocenters. The quantitative estimate of drug-likeness (QED) is 0.722. The Morgan fingerprint density at radius 1 is 1.07 bits per heavy atom. The van der Waals surface area contributed by atoms with E-state index in [9.17, 15) is 9.59 Å². The summed E-state index contributed by atoms with van der Waals surface area (Å²) in [5.74, 6) is 0.495. The summed E-state index contributed by atoms with van der Waals surface area (Å²) < 4.78 is 5.14. The van der Waals surface area contributed by atoms with Gasteiger partial charge in [-0.05, 0) is 54.7 Å². The van der Waals surface area contributed by atoms with Crippen LogP contribution in [-0.4, -0.2) is 48.9 Å². The average Bonchev–Trinajstić information content (AvgIpc) is 3.53. The Labute approximate surface area is 165 Å². The SMILES string of the molecule is COc1ccc(CCNC(=O)C2CC2C(=O)N(C)CCc2ccncc2)cc1. The Morgan fingerprint density at radius 3 is 2.43 bits per heavy atom. The van der Waals surface area contributed by atoms with Crippen molar-refractivity contribution < 1.29 is 14.3 Å². The molecule has 1 fully saturated rings. The van der Waals surface area contributed by atoms with Gasteiger partial charge < -0.3 is 15.0 Å². The number of likely N-dealkylation sites (N-methyl/N-ethyl adjacent to an activating group) is 1. The van der Waals surface area contributed by atoms with E-state index >= 15 is 0 Å². The van der Waals surface area contributed by atoms with E-state index in [4.69, 9.17) is 4.74 Å². The maximum Gasteiger partial charge on any atom is 0.226 e. The largest absolute Gasteiger partial charge is 0.497 e. The number of hydrogen-bond donors (Lipinski definition) is 1. The Bertz CT molecular complexity index is 792. The van der Waals surface area contributed by atoms with Crippen LogP contribution in [0.4, 0.5) is 0 Å². The molecular formula is C22H27N3O3. The molecule has 1 aromatic heterocycles. The van der Waals surface area contributed by atoms with E-state index in [0.29, 0.717) is 19.5 Å². The number of ether oxygens (including phenoxy) is 1. The molecule has 148 valence electrons. The topological polar surface area (TPSA) is 71.5 Å². The highest BCUT2D eigenvalue weighted by atomic mass is 16.5. The van der Waals surface area contributed by atoms with E-state index in [1.54, 1.807) is 31.5 Å². The molecule has 2 aromatic rings. The summed E-state index contributed by atoms with van der Waals surface area (Å²) in [5, 5.41) is 2.96.